The van der Waals surface area contributed by atoms with Crippen LogP contribution in [0.4, 0.5) is 11.4 Å². The molecular formula is C36H49N3O5S. The van der Waals surface area contributed by atoms with Crippen LogP contribution in [0.3, 0.4) is 0 Å². The second-order valence-electron chi connectivity index (χ2n) is 11.8. The highest BCUT2D eigenvalue weighted by Gasteiger charge is 2.38. The van der Waals surface area contributed by atoms with Crippen molar-refractivity contribution in [2.45, 2.75) is 83.0 Å². The third-order valence-corrected chi connectivity index (χ3v) is 9.07. The minimum absolute atomic E-state index is 0.130. The molecule has 244 valence electrons. The molecule has 9 heteroatoms. The molecule has 2 amide bonds. The number of hydrogen-bond donors (Lipinski definition) is 1. The largest absolute Gasteiger partial charge is 0.744 e. The molecule has 45 heavy (non-hydrogen) atoms. The fourth-order valence-electron chi connectivity index (χ4n) is 5.64. The molecule has 1 heterocycles. The van der Waals surface area contributed by atoms with Gasteiger partial charge in [0.05, 0.1) is 11.4 Å². The number of aryl methyl sites for hydroxylation is 1. The van der Waals surface area contributed by atoms with Crippen molar-refractivity contribution in [3.05, 3.63) is 90.5 Å². The quantitative estimate of drug-likeness (QED) is 0.103. The highest BCUT2D eigenvalue weighted by atomic mass is 32.2. The molecule has 0 aliphatic carbocycles. The van der Waals surface area contributed by atoms with Crippen LogP contribution in [-0.2, 0) is 19.7 Å². The molecule has 3 aromatic carbocycles. The van der Waals surface area contributed by atoms with Crippen LogP contribution in [0.1, 0.15) is 76.7 Å². The highest BCUT2D eigenvalue weighted by molar-refractivity contribution is 7.85. The van der Waals surface area contributed by atoms with E-state index in [0.29, 0.717) is 37.1 Å². The number of nitrogens with zero attached hydrogens (tertiary/aromatic N) is 2. The van der Waals surface area contributed by atoms with Crippen LogP contribution in [0.5, 0.6) is 0 Å². The first-order valence-corrected chi connectivity index (χ1v) is 17.6. The fourth-order valence-corrected chi connectivity index (χ4v) is 6.10. The zero-order valence-corrected chi connectivity index (χ0v) is 27.6. The molecule has 1 N–H and O–H groups in total. The van der Waals surface area contributed by atoms with Crippen molar-refractivity contribution in [1.82, 2.24) is 14.7 Å². The fraction of sp³-hybridized carbons (Fsp3) is 0.444. The Balaban J connectivity index is 0.000000423. The number of hydrogen-bond acceptors (Lipinski definition) is 5. The van der Waals surface area contributed by atoms with E-state index in [1.54, 1.807) is 12.1 Å². The van der Waals surface area contributed by atoms with Crippen molar-refractivity contribution < 1.29 is 22.6 Å². The second kappa shape index (κ2) is 18.4. The number of para-hydroxylation sites is 2. The van der Waals surface area contributed by atoms with E-state index in [4.69, 9.17) is 0 Å². The summed E-state index contributed by atoms with van der Waals surface area (Å²) in [4.78, 5) is 26.9. The maximum atomic E-state index is 12.6. The average Bonchev–Trinajstić information content (AvgIpc) is 3.44. The number of nitrogens with one attached hydrogen (secondary N) is 1. The number of unbranched alkanes of at least 4 members (excludes halogenated alkanes) is 6. The number of rotatable bonds is 16. The first-order valence-electron chi connectivity index (χ1n) is 16.2. The summed E-state index contributed by atoms with van der Waals surface area (Å²) < 4.78 is 31.7. The molecule has 8 nitrogen and oxygen atoms in total. The standard InChI is InChI=1S/C29H41N3O2.C7H8O3S/c1-2-3-4-5-6-7-14-20-28(33)30-22-24-32(26-16-10-8-11-17-26,27-18-12-9-13-19-27)25-31-23-15-21-29(31)34;1-6-2-4-7(5-3-6)11(8,9)10/h8-13,16-19H,2-7,14-15,20-25H2,1H3;2-5H,1H3,(H,8,9,10). The topological polar surface area (TPSA) is 107 Å². The van der Waals surface area contributed by atoms with Gasteiger partial charge in [-0.2, -0.15) is 0 Å². The van der Waals surface area contributed by atoms with Gasteiger partial charge in [0.25, 0.3) is 0 Å². The van der Waals surface area contributed by atoms with Gasteiger partial charge in [-0.05, 0) is 56.2 Å². The number of amides is 2. The molecule has 1 fully saturated rings. The Kier molecular flexibility index (Phi) is 14.7. The monoisotopic (exact) mass is 635 g/mol. The lowest BCUT2D eigenvalue weighted by Crippen LogP contribution is -2.55. The lowest BCUT2D eigenvalue weighted by Gasteiger charge is -2.40. The lowest BCUT2D eigenvalue weighted by molar-refractivity contribution is -0.129. The van der Waals surface area contributed by atoms with Crippen molar-refractivity contribution in [2.75, 3.05) is 26.3 Å². The van der Waals surface area contributed by atoms with Gasteiger partial charge in [0.15, 0.2) is 6.67 Å². The molecule has 0 radical (unpaired) electrons. The van der Waals surface area contributed by atoms with E-state index >= 15 is 0 Å². The summed E-state index contributed by atoms with van der Waals surface area (Å²) >= 11 is 0. The summed E-state index contributed by atoms with van der Waals surface area (Å²) in [5, 5.41) is 3.17. The first-order chi connectivity index (χ1) is 21.7. The van der Waals surface area contributed by atoms with Crippen LogP contribution in [0.25, 0.3) is 0 Å². The van der Waals surface area contributed by atoms with Gasteiger partial charge in [-0.25, -0.2) is 12.9 Å². The van der Waals surface area contributed by atoms with E-state index in [1.807, 2.05) is 24.0 Å². The van der Waals surface area contributed by atoms with E-state index in [-0.39, 0.29) is 16.7 Å². The minimum atomic E-state index is -4.27. The van der Waals surface area contributed by atoms with Gasteiger partial charge in [-0.1, -0.05) is 99.5 Å². The number of carbonyl (C=O) groups excluding carboxylic acids is 2. The van der Waals surface area contributed by atoms with Crippen molar-refractivity contribution in [3.63, 3.8) is 0 Å². The van der Waals surface area contributed by atoms with Gasteiger partial charge in [-0.15, -0.1) is 0 Å². The van der Waals surface area contributed by atoms with Crippen LogP contribution in [0.2, 0.25) is 0 Å². The molecule has 4 rings (SSSR count). The Hall–Kier alpha value is -3.53. The van der Waals surface area contributed by atoms with Crippen LogP contribution in [0.15, 0.2) is 89.8 Å². The highest BCUT2D eigenvalue weighted by Crippen LogP contribution is 2.35. The summed E-state index contributed by atoms with van der Waals surface area (Å²) in [7, 11) is -4.27. The zero-order chi connectivity index (χ0) is 32.5. The Morgan fingerprint density at radius 2 is 1.40 bits per heavy atom. The minimum Gasteiger partial charge on any atom is -0.744 e. The van der Waals surface area contributed by atoms with E-state index in [1.165, 1.54) is 44.2 Å². The van der Waals surface area contributed by atoms with Gasteiger partial charge in [-0.3, -0.25) is 14.5 Å². The molecule has 0 unspecified atom stereocenters. The van der Waals surface area contributed by atoms with Crippen LogP contribution >= 0.6 is 0 Å². The average molecular weight is 636 g/mol. The number of quaternary nitrogens is 1. The Morgan fingerprint density at radius 3 is 1.91 bits per heavy atom. The molecule has 1 saturated heterocycles. The molecule has 1 aliphatic heterocycles. The van der Waals surface area contributed by atoms with Gasteiger partial charge in [0.2, 0.25) is 11.8 Å². The lowest BCUT2D eigenvalue weighted by atomic mass is 10.1. The summed E-state index contributed by atoms with van der Waals surface area (Å²) in [6.07, 6.45) is 10.6. The molecule has 0 atom stereocenters. The maximum absolute atomic E-state index is 12.6. The van der Waals surface area contributed by atoms with Gasteiger partial charge in [0, 0.05) is 19.4 Å². The van der Waals surface area contributed by atoms with Crippen molar-refractivity contribution >= 4 is 33.3 Å². The summed E-state index contributed by atoms with van der Waals surface area (Å²) in [5.74, 6) is 0.349. The number of benzene rings is 3. The van der Waals surface area contributed by atoms with Crippen LogP contribution in [-0.4, -0.2) is 56.0 Å². The first kappa shape index (κ1) is 35.9. The Labute approximate surface area is 269 Å². The van der Waals surface area contributed by atoms with E-state index in [9.17, 15) is 22.6 Å². The van der Waals surface area contributed by atoms with Crippen molar-refractivity contribution in [1.29, 1.82) is 0 Å². The van der Waals surface area contributed by atoms with Gasteiger partial charge < -0.3 is 9.87 Å². The zero-order valence-electron chi connectivity index (χ0n) is 26.8. The molecule has 0 saturated carbocycles. The third kappa shape index (κ3) is 11.7. The van der Waals surface area contributed by atoms with Crippen LogP contribution < -0.4 is 9.80 Å². The summed E-state index contributed by atoms with van der Waals surface area (Å²) in [6, 6.07) is 26.6. The normalized spacial score (nSPS) is 13.3. The molecule has 0 bridgehead atoms. The van der Waals surface area contributed by atoms with Crippen LogP contribution in [0, 0.1) is 6.92 Å². The molecule has 0 spiro atoms. The predicted molar refractivity (Wildman–Crippen MR) is 180 cm³/mol. The second-order valence-corrected chi connectivity index (χ2v) is 13.1. The molecular weight excluding hydrogens is 586 g/mol. The van der Waals surface area contributed by atoms with E-state index < -0.39 is 10.1 Å². The van der Waals surface area contributed by atoms with E-state index in [2.05, 4.69) is 60.8 Å². The predicted octanol–water partition coefficient (Wildman–Crippen LogP) is 7.06. The summed E-state index contributed by atoms with van der Waals surface area (Å²) in [6.45, 7) is 6.70. The number of carbonyl (C=O) groups is 2. The Morgan fingerprint density at radius 1 is 0.844 bits per heavy atom. The molecule has 3 aromatic rings. The smallest absolute Gasteiger partial charge is 0.226 e. The maximum Gasteiger partial charge on any atom is 0.226 e. The third-order valence-electron chi connectivity index (χ3n) is 8.22. The SMILES string of the molecule is CCCCCCCCCC(=O)NCC[N+](CN1CCCC1=O)(c1ccccc1)c1ccccc1.Cc1ccc(S(=O)(=O)[O-])cc1. The van der Waals surface area contributed by atoms with E-state index in [0.717, 1.165) is 42.7 Å². The van der Waals surface area contributed by atoms with Gasteiger partial charge in [0.1, 0.15) is 28.0 Å². The van der Waals surface area contributed by atoms with Crippen molar-refractivity contribution in [2.24, 2.45) is 0 Å². The molecule has 0 aromatic heterocycles. The number of likely N-dealkylation sites (tertiary alicyclic amines) is 1. The van der Waals surface area contributed by atoms with Gasteiger partial charge >= 0.3 is 0 Å². The molecule has 1 aliphatic rings. The summed E-state index contributed by atoms with van der Waals surface area (Å²) in [5.41, 5.74) is 3.20. The Bertz CT molecular complexity index is 1370. The van der Waals surface area contributed by atoms with Crippen molar-refractivity contribution in [3.8, 4) is 0 Å².